The number of benzene rings is 2. The quantitative estimate of drug-likeness (QED) is 0.527. The molecule has 0 aromatic heterocycles. The molecule has 2 aromatic carbocycles. The molecule has 29 heavy (non-hydrogen) atoms. The second-order valence-corrected chi connectivity index (χ2v) is 7.78. The van der Waals surface area contributed by atoms with E-state index >= 15 is 0 Å². The molecular weight excluding hydrogens is 384 g/mol. The Balaban J connectivity index is 0.00000320. The summed E-state index contributed by atoms with van der Waals surface area (Å²) in [7, 11) is 0. The van der Waals surface area contributed by atoms with E-state index in [1.807, 2.05) is 55.5 Å². The zero-order valence-electron chi connectivity index (χ0n) is 16.3. The van der Waals surface area contributed by atoms with Crippen molar-refractivity contribution in [3.8, 4) is 11.1 Å². The van der Waals surface area contributed by atoms with E-state index in [0.717, 1.165) is 38.4 Å². The second kappa shape index (κ2) is 8.92. The molecular formula is C23H24N2O3S. The number of carbonyl (C=O) groups excluding carboxylic acids is 1. The number of carbonyl (C=O) groups is 2. The number of rotatable bonds is 6. The maximum absolute atomic E-state index is 11.8. The van der Waals surface area contributed by atoms with Crippen LogP contribution in [0.4, 0.5) is 5.69 Å². The molecule has 2 aromatic rings. The van der Waals surface area contributed by atoms with Crippen molar-refractivity contribution in [3.05, 3.63) is 69.5 Å². The van der Waals surface area contributed by atoms with Crippen molar-refractivity contribution in [1.82, 2.24) is 0 Å². The van der Waals surface area contributed by atoms with E-state index in [0.29, 0.717) is 17.7 Å². The van der Waals surface area contributed by atoms with Crippen LogP contribution in [0.3, 0.4) is 0 Å². The molecule has 5 nitrogen and oxygen atoms in total. The van der Waals surface area contributed by atoms with E-state index in [1.54, 1.807) is 0 Å². The number of amides is 1. The molecule has 0 fully saturated rings. The fourth-order valence-electron chi connectivity index (χ4n) is 3.30. The molecule has 3 rings (SSSR count). The van der Waals surface area contributed by atoms with Crippen LogP contribution in [0.2, 0.25) is 0 Å². The first-order valence-electron chi connectivity index (χ1n) is 9.28. The van der Waals surface area contributed by atoms with Gasteiger partial charge in [0, 0.05) is 26.7 Å². The Bertz CT molecular complexity index is 1040. The maximum atomic E-state index is 11.8. The Morgan fingerprint density at radius 1 is 1.17 bits per heavy atom. The van der Waals surface area contributed by atoms with Gasteiger partial charge < -0.3 is 15.8 Å². The average Bonchev–Trinajstić information content (AvgIpc) is 2.72. The van der Waals surface area contributed by atoms with Crippen LogP contribution in [0.5, 0.6) is 0 Å². The molecule has 0 radical (unpaired) electrons. The summed E-state index contributed by atoms with van der Waals surface area (Å²) in [5.41, 5.74) is 5.10. The molecule has 0 saturated heterocycles. The summed E-state index contributed by atoms with van der Waals surface area (Å²) < 4.78 is 0. The van der Waals surface area contributed by atoms with Crippen molar-refractivity contribution in [2.45, 2.75) is 26.7 Å². The lowest BCUT2D eigenvalue weighted by molar-refractivity contribution is -0.131. The highest BCUT2D eigenvalue weighted by molar-refractivity contribution is 8.07. The van der Waals surface area contributed by atoms with Crippen molar-refractivity contribution in [1.29, 1.82) is 5.41 Å². The number of carboxylic acids is 1. The second-order valence-electron chi connectivity index (χ2n) is 6.68. The van der Waals surface area contributed by atoms with Crippen molar-refractivity contribution in [2.75, 3.05) is 5.32 Å². The summed E-state index contributed by atoms with van der Waals surface area (Å²) in [4.78, 5) is 24.4. The minimum absolute atomic E-state index is 0. The molecule has 1 heterocycles. The van der Waals surface area contributed by atoms with Gasteiger partial charge in [-0.3, -0.25) is 4.79 Å². The first-order valence-corrected chi connectivity index (χ1v) is 10.1. The molecule has 0 bridgehead atoms. The maximum Gasteiger partial charge on any atom is 0.342 e. The van der Waals surface area contributed by atoms with E-state index in [1.165, 1.54) is 24.9 Å². The van der Waals surface area contributed by atoms with Crippen LogP contribution in [-0.4, -0.2) is 23.2 Å². The lowest BCUT2D eigenvalue weighted by Gasteiger charge is -2.21. The summed E-state index contributed by atoms with van der Waals surface area (Å²) in [5.74, 6) is -1.06. The zero-order valence-corrected chi connectivity index (χ0v) is 17.1. The third-order valence-electron chi connectivity index (χ3n) is 4.66. The van der Waals surface area contributed by atoms with Crippen molar-refractivity contribution in [3.63, 3.8) is 0 Å². The van der Waals surface area contributed by atoms with Gasteiger partial charge in [0.1, 0.15) is 4.91 Å². The van der Waals surface area contributed by atoms with Crippen LogP contribution in [-0.2, 0) is 9.59 Å². The number of hydrogen-bond donors (Lipinski definition) is 3. The zero-order chi connectivity index (χ0) is 21.0. The van der Waals surface area contributed by atoms with Gasteiger partial charge in [-0.25, -0.2) is 4.79 Å². The van der Waals surface area contributed by atoms with E-state index < -0.39 is 5.97 Å². The summed E-state index contributed by atoms with van der Waals surface area (Å²) in [6, 6.07) is 15.3. The highest BCUT2D eigenvalue weighted by Gasteiger charge is 2.25. The Labute approximate surface area is 175 Å². The van der Waals surface area contributed by atoms with Gasteiger partial charge in [-0.15, -0.1) is 0 Å². The van der Waals surface area contributed by atoms with Gasteiger partial charge in [0.2, 0.25) is 5.91 Å². The van der Waals surface area contributed by atoms with Gasteiger partial charge in [-0.05, 0) is 51.3 Å². The van der Waals surface area contributed by atoms with Gasteiger partial charge >= 0.3 is 5.97 Å². The van der Waals surface area contributed by atoms with Crippen LogP contribution in [0, 0.1) is 5.41 Å². The van der Waals surface area contributed by atoms with Gasteiger partial charge in [0.05, 0.1) is 0 Å². The number of thioether (sulfide) groups is 1. The minimum Gasteiger partial charge on any atom is -0.477 e. The third kappa shape index (κ3) is 4.66. The molecule has 150 valence electrons. The van der Waals surface area contributed by atoms with Gasteiger partial charge in [0.15, 0.2) is 0 Å². The summed E-state index contributed by atoms with van der Waals surface area (Å²) >= 11 is 1.25. The Morgan fingerprint density at radius 2 is 1.86 bits per heavy atom. The lowest BCUT2D eigenvalue weighted by Crippen LogP contribution is -2.08. The van der Waals surface area contributed by atoms with Crippen molar-refractivity contribution in [2.24, 2.45) is 0 Å². The number of aliphatic carboxylic acids is 1. The fraction of sp³-hybridized carbons (Fsp3) is 0.174. The normalized spacial score (nSPS) is 14.0. The summed E-state index contributed by atoms with van der Waals surface area (Å²) in [6.45, 7) is 3.44. The van der Waals surface area contributed by atoms with Crippen LogP contribution in [0.15, 0.2) is 63.9 Å². The number of allylic oxidation sites excluding steroid dienone is 3. The SMILES string of the molecule is CCC1=C(C=N)CC(c2ccc(-c3cccc(NC(C)=O)c3)cc2)=C(C(=O)O)S1.[HH]. The fourth-order valence-corrected chi connectivity index (χ4v) is 4.35. The highest BCUT2D eigenvalue weighted by Crippen LogP contribution is 2.43. The largest absolute Gasteiger partial charge is 0.477 e. The molecule has 3 N–H and O–H groups in total. The Hall–Kier alpha value is -3.12. The topological polar surface area (TPSA) is 90.3 Å². The number of nitrogens with one attached hydrogen (secondary N) is 2. The van der Waals surface area contributed by atoms with Crippen LogP contribution in [0.25, 0.3) is 16.7 Å². The molecule has 0 atom stereocenters. The molecule has 0 aliphatic carbocycles. The molecule has 6 heteroatoms. The first kappa shape index (κ1) is 20.6. The third-order valence-corrected chi connectivity index (χ3v) is 6.09. The average molecular weight is 409 g/mol. The van der Waals surface area contributed by atoms with E-state index in [2.05, 4.69) is 5.32 Å². The summed E-state index contributed by atoms with van der Waals surface area (Å²) in [5, 5.41) is 20.1. The smallest absolute Gasteiger partial charge is 0.342 e. The van der Waals surface area contributed by atoms with Gasteiger partial charge in [-0.2, -0.15) is 0 Å². The molecule has 0 spiro atoms. The summed E-state index contributed by atoms with van der Waals surface area (Å²) in [6.07, 6.45) is 2.48. The first-order chi connectivity index (χ1) is 13.9. The van der Waals surface area contributed by atoms with E-state index in [9.17, 15) is 14.7 Å². The van der Waals surface area contributed by atoms with Crippen molar-refractivity contribution >= 4 is 41.1 Å². The molecule has 0 unspecified atom stereocenters. The van der Waals surface area contributed by atoms with Crippen LogP contribution >= 0.6 is 11.8 Å². The van der Waals surface area contributed by atoms with Crippen LogP contribution in [0.1, 0.15) is 33.7 Å². The molecule has 1 aliphatic heterocycles. The van der Waals surface area contributed by atoms with Crippen LogP contribution < -0.4 is 5.32 Å². The van der Waals surface area contributed by atoms with E-state index in [4.69, 9.17) is 5.41 Å². The molecule has 0 saturated carbocycles. The predicted molar refractivity (Wildman–Crippen MR) is 121 cm³/mol. The molecule has 1 amide bonds. The predicted octanol–water partition coefficient (Wildman–Crippen LogP) is 5.80. The van der Waals surface area contributed by atoms with E-state index in [-0.39, 0.29) is 7.33 Å². The highest BCUT2D eigenvalue weighted by atomic mass is 32.2. The Kier molecular flexibility index (Phi) is 6.34. The molecule has 1 aliphatic rings. The van der Waals surface area contributed by atoms with Crippen molar-refractivity contribution < 1.29 is 16.1 Å². The lowest BCUT2D eigenvalue weighted by atomic mass is 9.94. The van der Waals surface area contributed by atoms with Gasteiger partial charge in [0.25, 0.3) is 0 Å². The number of hydrogen-bond acceptors (Lipinski definition) is 4. The van der Waals surface area contributed by atoms with Gasteiger partial charge in [-0.1, -0.05) is 55.1 Å². The standard InChI is InChI=1S/C23H22N2O3S.H2/c1-3-21-18(13-24)12-20(22(29-21)23(27)28)16-9-7-15(8-10-16)17-5-4-6-19(11-17)25-14(2)26;/h4-11,13,24H,3,12H2,1-2H3,(H,25,26)(H,27,28);1H. The monoisotopic (exact) mass is 408 g/mol. The minimum atomic E-state index is -0.938. The number of carboxylic acid groups (broad SMARTS) is 1. The Morgan fingerprint density at radius 3 is 2.45 bits per heavy atom. The number of anilines is 1.